The summed E-state index contributed by atoms with van der Waals surface area (Å²) < 4.78 is 8.28. The lowest BCUT2D eigenvalue weighted by Crippen LogP contribution is -2.87. The second-order valence-corrected chi connectivity index (χ2v) is 19.5. The van der Waals surface area contributed by atoms with E-state index in [1.807, 2.05) is 0 Å². The number of anilines is 3. The van der Waals surface area contributed by atoms with Crippen molar-refractivity contribution in [1.82, 2.24) is 0 Å². The average molecular weight is 892 g/mol. The highest BCUT2D eigenvalue weighted by Gasteiger charge is 2.57. The van der Waals surface area contributed by atoms with Crippen LogP contribution in [0.2, 0.25) is 0 Å². The normalized spacial score (nSPS) is 12.8. The Kier molecular flexibility index (Phi) is 12.4. The van der Waals surface area contributed by atoms with Crippen molar-refractivity contribution in [2.75, 3.05) is 14.2 Å². The number of nitrogens with zero attached hydrogens (tertiary/aromatic N) is 3. The van der Waals surface area contributed by atoms with Gasteiger partial charge in [-0.3, -0.25) is 0 Å². The minimum Gasteiger partial charge on any atom is -0.416 e. The highest BCUT2D eigenvalue weighted by Crippen LogP contribution is 2.38. The molecule has 10 rings (SSSR count). The maximum absolute atomic E-state index is 2.76. The Bertz CT molecular complexity index is 2830. The molecule has 0 atom stereocenters. The molecule has 0 aliphatic carbocycles. The first-order valence-electron chi connectivity index (χ1n) is 24.5. The van der Waals surface area contributed by atoms with Gasteiger partial charge in [0.1, 0.15) is 0 Å². The smallest absolute Gasteiger partial charge is 0.389 e. The van der Waals surface area contributed by atoms with Crippen molar-refractivity contribution in [3.8, 4) is 33.4 Å². The first-order valence-corrected chi connectivity index (χ1v) is 24.5. The van der Waals surface area contributed by atoms with Crippen LogP contribution in [0, 0.1) is 62.3 Å². The van der Waals surface area contributed by atoms with Crippen molar-refractivity contribution in [2.45, 2.75) is 62.3 Å². The molecule has 0 amide bonds. The minimum atomic E-state index is -0.259. The summed E-state index contributed by atoms with van der Waals surface area (Å²) in [6, 6.07) is 74.8. The van der Waals surface area contributed by atoms with Gasteiger partial charge in [0, 0.05) is 17.1 Å². The van der Waals surface area contributed by atoms with Gasteiger partial charge in [-0.15, -0.1) is 0 Å². The molecule has 0 unspecified atom stereocenters. The van der Waals surface area contributed by atoms with Gasteiger partial charge in [0.05, 0.1) is 0 Å². The fourth-order valence-electron chi connectivity index (χ4n) is 11.7. The van der Waals surface area contributed by atoms with Crippen molar-refractivity contribution >= 4 is 54.4 Å². The van der Waals surface area contributed by atoms with Gasteiger partial charge >= 0.3 is 20.9 Å². The molecule has 0 radical (unpaired) electrons. The Hall–Kier alpha value is -7.43. The maximum atomic E-state index is 2.76. The highest BCUT2D eigenvalue weighted by molar-refractivity contribution is 7.15. The topological polar surface area (TPSA) is 9.72 Å². The van der Waals surface area contributed by atoms with Crippen LogP contribution in [0.15, 0.2) is 200 Å². The molecule has 0 saturated carbocycles. The van der Waals surface area contributed by atoms with Crippen molar-refractivity contribution < 1.29 is 0 Å². The lowest BCUT2D eigenvalue weighted by atomic mass is 9.35. The summed E-state index contributed by atoms with van der Waals surface area (Å²) in [7, 11) is 0. The van der Waals surface area contributed by atoms with E-state index in [4.69, 9.17) is 0 Å². The molecule has 1 aliphatic rings. The Morgan fingerprint density at radius 3 is 0.623 bits per heavy atom. The molecule has 9 aromatic rings. The monoisotopic (exact) mass is 892 g/mol. The first kappa shape index (κ1) is 45.4. The number of aryl methyl sites for hydroxylation is 9. The molecule has 1 saturated heterocycles. The zero-order chi connectivity index (χ0) is 47.9. The molecule has 1 heterocycles. The van der Waals surface area contributed by atoms with Gasteiger partial charge in [-0.2, -0.15) is 0 Å². The number of benzene rings is 9. The average Bonchev–Trinajstić information content (AvgIpc) is 3.34. The van der Waals surface area contributed by atoms with E-state index in [9.17, 15) is 0 Å². The predicted molar refractivity (Wildman–Crippen MR) is 301 cm³/mol. The van der Waals surface area contributed by atoms with Crippen LogP contribution >= 0.6 is 0 Å². The van der Waals surface area contributed by atoms with E-state index >= 15 is 0 Å². The molecule has 0 bridgehead atoms. The van der Waals surface area contributed by atoms with E-state index in [0.29, 0.717) is 0 Å². The van der Waals surface area contributed by atoms with E-state index in [1.165, 1.54) is 99.8 Å². The van der Waals surface area contributed by atoms with Crippen LogP contribution in [0.5, 0.6) is 0 Å². The van der Waals surface area contributed by atoms with E-state index < -0.39 is 0 Å². The molecule has 9 aromatic carbocycles. The third kappa shape index (κ3) is 8.70. The van der Waals surface area contributed by atoms with E-state index in [2.05, 4.69) is 277 Å². The van der Waals surface area contributed by atoms with Crippen LogP contribution in [-0.4, -0.2) is 20.9 Å². The standard InChI is InChI=1S/C63H60B3N3/c1-43-37-46(4)61(47(5)38-43)64-67(58-31-25-55(26-32-58)52-19-13-10-14-20-52)65(62-48(6)39-44(2)40-49(62)7)69(60-35-29-57(30-36-60)54-23-17-12-18-24-54)66(63-50(8)41-45(3)42-51(63)9)68(64)59-33-27-56(28-34-59)53-21-15-11-16-22-53/h10-42H,1-9H3. The van der Waals surface area contributed by atoms with Crippen molar-refractivity contribution in [3.05, 3.63) is 250 Å². The zero-order valence-corrected chi connectivity index (χ0v) is 41.6. The lowest BCUT2D eigenvalue weighted by Gasteiger charge is -2.58. The fraction of sp³-hybridized carbons (Fsp3) is 0.143. The van der Waals surface area contributed by atoms with Crippen LogP contribution in [0.4, 0.5) is 17.1 Å². The van der Waals surface area contributed by atoms with Crippen LogP contribution in [0.1, 0.15) is 50.1 Å². The summed E-state index contributed by atoms with van der Waals surface area (Å²) in [6.45, 7) is 19.9. The molecule has 336 valence electrons. The quantitative estimate of drug-likeness (QED) is 0.134. The maximum Gasteiger partial charge on any atom is 0.389 e. The molecule has 0 spiro atoms. The second-order valence-electron chi connectivity index (χ2n) is 19.5. The van der Waals surface area contributed by atoms with E-state index in [-0.39, 0.29) is 20.9 Å². The predicted octanol–water partition coefficient (Wildman–Crippen LogP) is 13.5. The lowest BCUT2D eigenvalue weighted by molar-refractivity contribution is 1.25. The zero-order valence-electron chi connectivity index (χ0n) is 41.6. The van der Waals surface area contributed by atoms with Gasteiger partial charge in [-0.05, 0) is 148 Å². The third-order valence-electron chi connectivity index (χ3n) is 14.4. The van der Waals surface area contributed by atoms with Crippen molar-refractivity contribution in [2.24, 2.45) is 0 Å². The Morgan fingerprint density at radius 1 is 0.232 bits per heavy atom. The van der Waals surface area contributed by atoms with Crippen LogP contribution < -0.4 is 30.6 Å². The van der Waals surface area contributed by atoms with Gasteiger partial charge < -0.3 is 14.2 Å². The molecule has 6 heteroatoms. The number of hydrogen-bond acceptors (Lipinski definition) is 3. The third-order valence-corrected chi connectivity index (χ3v) is 14.4. The molecule has 0 N–H and O–H groups in total. The molecule has 1 fully saturated rings. The summed E-state index contributed by atoms with van der Waals surface area (Å²) in [5, 5.41) is 0. The summed E-state index contributed by atoms with van der Waals surface area (Å²) in [5.41, 5.74) is 26.1. The summed E-state index contributed by atoms with van der Waals surface area (Å²) >= 11 is 0. The molecular weight excluding hydrogens is 831 g/mol. The van der Waals surface area contributed by atoms with Gasteiger partial charge in [0.25, 0.3) is 0 Å². The Labute approximate surface area is 412 Å². The summed E-state index contributed by atoms with van der Waals surface area (Å²) in [6.07, 6.45) is 0. The number of rotatable bonds is 9. The number of hydrogen-bond donors (Lipinski definition) is 0. The van der Waals surface area contributed by atoms with E-state index in [1.54, 1.807) is 0 Å². The summed E-state index contributed by atoms with van der Waals surface area (Å²) in [5.74, 6) is 0. The fourth-order valence-corrected chi connectivity index (χ4v) is 11.7. The Balaban J connectivity index is 1.35. The molecular formula is C63H60B3N3. The van der Waals surface area contributed by atoms with Crippen LogP contribution in [-0.2, 0) is 0 Å². The van der Waals surface area contributed by atoms with Crippen LogP contribution in [0.25, 0.3) is 33.4 Å². The molecule has 0 aromatic heterocycles. The molecule has 1 aliphatic heterocycles. The second kappa shape index (κ2) is 18.9. The van der Waals surface area contributed by atoms with Crippen LogP contribution in [0.3, 0.4) is 0 Å². The van der Waals surface area contributed by atoms with Gasteiger partial charge in [0.2, 0.25) is 0 Å². The first-order chi connectivity index (χ1) is 33.4. The van der Waals surface area contributed by atoms with Gasteiger partial charge in [0.15, 0.2) is 0 Å². The van der Waals surface area contributed by atoms with Crippen molar-refractivity contribution in [3.63, 3.8) is 0 Å². The van der Waals surface area contributed by atoms with Gasteiger partial charge in [-0.1, -0.05) is 214 Å². The molecule has 69 heavy (non-hydrogen) atoms. The Morgan fingerprint density at radius 2 is 0.420 bits per heavy atom. The molecule has 3 nitrogen and oxygen atoms in total. The van der Waals surface area contributed by atoms with Gasteiger partial charge in [-0.25, -0.2) is 0 Å². The SMILES string of the molecule is Cc1cc(C)c(B2N(c3ccc(-c4ccccc4)cc3)B(c3c(C)cc(C)cc3C)N(c3ccc(-c4ccccc4)cc3)B(c3c(C)cc(C)cc3C)N2c2ccc(-c3ccccc3)cc2)c(C)c1. The minimum absolute atomic E-state index is 0.259. The van der Waals surface area contributed by atoms with Crippen molar-refractivity contribution in [1.29, 1.82) is 0 Å². The largest absolute Gasteiger partial charge is 0.416 e. The summed E-state index contributed by atoms with van der Waals surface area (Å²) in [4.78, 5) is 0. The highest BCUT2D eigenvalue weighted by atomic mass is 15.3. The van der Waals surface area contributed by atoms with E-state index in [0.717, 1.165) is 17.1 Å².